The highest BCUT2D eigenvalue weighted by Gasteiger charge is 2.43. The van der Waals surface area contributed by atoms with E-state index in [0.717, 1.165) is 6.54 Å². The van der Waals surface area contributed by atoms with Crippen LogP contribution >= 0.6 is 0 Å². The molecule has 0 saturated heterocycles. The standard InChI is InChI=1S/C9H20NO.2C2H6N.Al/c1-8(2,3)10-7-9(4,5)11-6;2*1-3-2;/h7H2,1-6H3;2*1-2H3;/q3*-1;+3. The predicted octanol–water partition coefficient (Wildman–Crippen LogP) is 1.62. The minimum atomic E-state index is -1.31. The van der Waals surface area contributed by atoms with Crippen LogP contribution in [0.1, 0.15) is 34.6 Å². The van der Waals surface area contributed by atoms with Crippen LogP contribution in [0.15, 0.2) is 0 Å². The molecule has 18 heavy (non-hydrogen) atoms. The van der Waals surface area contributed by atoms with Gasteiger partial charge in [0.25, 0.3) is 0 Å². The Balaban J connectivity index is 5.22. The molecule has 0 aliphatic carbocycles. The van der Waals surface area contributed by atoms with E-state index in [-0.39, 0.29) is 11.1 Å². The molecule has 0 spiro atoms. The van der Waals surface area contributed by atoms with Crippen LogP contribution in [-0.4, -0.2) is 79.4 Å². The topological polar surface area (TPSA) is 19.0 Å². The quantitative estimate of drug-likeness (QED) is 0.685. The van der Waals surface area contributed by atoms with Gasteiger partial charge in [-0.15, -0.1) is 0 Å². The molecule has 0 fully saturated rings. The average Bonchev–Trinajstić information content (AvgIpc) is 2.13. The third kappa shape index (κ3) is 5.56. The van der Waals surface area contributed by atoms with Crippen molar-refractivity contribution in [2.75, 3.05) is 41.8 Å². The van der Waals surface area contributed by atoms with Crippen molar-refractivity contribution in [2.24, 2.45) is 0 Å². The molecule has 0 radical (unpaired) electrons. The Bertz CT molecular complexity index is 241. The van der Waals surface area contributed by atoms with Crippen molar-refractivity contribution in [3.63, 3.8) is 0 Å². The molecule has 0 heterocycles. The molecule has 5 heteroatoms. The normalized spacial score (nSPS) is 13.8. The van der Waals surface area contributed by atoms with Crippen molar-refractivity contribution < 1.29 is 4.74 Å². The van der Waals surface area contributed by atoms with Gasteiger partial charge in [-0.3, -0.25) is 0 Å². The Hall–Kier alpha value is 0.372. The number of hydrogen-bond donors (Lipinski definition) is 0. The van der Waals surface area contributed by atoms with Crippen LogP contribution < -0.4 is 0 Å². The summed E-state index contributed by atoms with van der Waals surface area (Å²) in [7, 11) is 10.5. The smallest absolute Gasteiger partial charge is 0.378 e. The zero-order valence-corrected chi connectivity index (χ0v) is 15.2. The van der Waals surface area contributed by atoms with E-state index in [1.54, 1.807) is 7.11 Å². The zero-order chi connectivity index (χ0) is 14.7. The van der Waals surface area contributed by atoms with Gasteiger partial charge in [0.2, 0.25) is 0 Å². The molecule has 0 rings (SSSR count). The van der Waals surface area contributed by atoms with Crippen LogP contribution in [0.25, 0.3) is 0 Å². The monoisotopic (exact) mass is 273 g/mol. The van der Waals surface area contributed by atoms with Gasteiger partial charge < -0.3 is 16.4 Å². The van der Waals surface area contributed by atoms with Gasteiger partial charge in [0.15, 0.2) is 0 Å². The maximum absolute atomic E-state index is 5.62. The van der Waals surface area contributed by atoms with Crippen molar-refractivity contribution >= 4 is 14.8 Å². The Morgan fingerprint density at radius 2 is 1.28 bits per heavy atom. The molecule has 0 saturated carbocycles. The van der Waals surface area contributed by atoms with E-state index in [0.29, 0.717) is 0 Å². The fourth-order valence-electron chi connectivity index (χ4n) is 2.16. The van der Waals surface area contributed by atoms with Crippen LogP contribution in [0.5, 0.6) is 0 Å². The molecule has 4 nitrogen and oxygen atoms in total. The molecule has 0 bridgehead atoms. The maximum Gasteiger partial charge on any atom is 0.608 e. The number of nitrogens with zero attached hydrogens (tertiary/aromatic N) is 3. The summed E-state index contributed by atoms with van der Waals surface area (Å²) >= 11 is -1.31. The molecular formula is C13H32AlN3O. The van der Waals surface area contributed by atoms with Gasteiger partial charge in [0, 0.05) is 13.7 Å². The zero-order valence-electron chi connectivity index (χ0n) is 14.0. The second-order valence-electron chi connectivity index (χ2n) is 7.04. The predicted molar refractivity (Wildman–Crippen MR) is 80.7 cm³/mol. The lowest BCUT2D eigenvalue weighted by molar-refractivity contribution is -0.00961. The summed E-state index contributed by atoms with van der Waals surface area (Å²) in [6.45, 7) is 12.1. The number of rotatable bonds is 6. The van der Waals surface area contributed by atoms with Gasteiger partial charge in [0.05, 0.1) is 5.60 Å². The summed E-state index contributed by atoms with van der Waals surface area (Å²) in [4.78, 5) is 0. The molecule has 0 aliphatic heterocycles. The van der Waals surface area contributed by atoms with E-state index in [1.165, 1.54) is 0 Å². The van der Waals surface area contributed by atoms with Gasteiger partial charge >= 0.3 is 14.8 Å². The van der Waals surface area contributed by atoms with Crippen molar-refractivity contribution in [1.29, 1.82) is 0 Å². The average molecular weight is 273 g/mol. The van der Waals surface area contributed by atoms with E-state index in [2.05, 4.69) is 74.5 Å². The van der Waals surface area contributed by atoms with Gasteiger partial charge in [-0.05, 0) is 68.3 Å². The summed E-state index contributed by atoms with van der Waals surface area (Å²) in [5.74, 6) is 0. The van der Waals surface area contributed by atoms with Gasteiger partial charge in [-0.25, -0.2) is 0 Å². The van der Waals surface area contributed by atoms with Crippen molar-refractivity contribution in [2.45, 2.75) is 45.8 Å². The highest BCUT2D eigenvalue weighted by molar-refractivity contribution is 6.49. The Morgan fingerprint density at radius 1 is 0.889 bits per heavy atom. The van der Waals surface area contributed by atoms with Crippen molar-refractivity contribution in [1.82, 2.24) is 11.7 Å². The summed E-state index contributed by atoms with van der Waals surface area (Å²) in [5, 5.41) is 0. The van der Waals surface area contributed by atoms with Crippen molar-refractivity contribution in [3.8, 4) is 0 Å². The first kappa shape index (κ1) is 18.4. The molecule has 0 aromatic heterocycles. The molecule has 0 amide bonds. The lowest BCUT2D eigenvalue weighted by Gasteiger charge is -2.46. The highest BCUT2D eigenvalue weighted by atomic mass is 27.2. The van der Waals surface area contributed by atoms with E-state index in [1.807, 2.05) is 0 Å². The number of methoxy groups -OCH3 is 1. The first-order chi connectivity index (χ1) is 7.92. The molecule has 0 aliphatic rings. The second-order valence-corrected chi connectivity index (χ2v) is 10.4. The van der Waals surface area contributed by atoms with Gasteiger partial charge in [-0.1, -0.05) is 0 Å². The first-order valence-electron chi connectivity index (χ1n) is 6.57. The summed E-state index contributed by atoms with van der Waals surface area (Å²) in [6, 6.07) is 0. The minimum absolute atomic E-state index is 0.120. The van der Waals surface area contributed by atoms with E-state index in [9.17, 15) is 0 Å². The SMILES string of the molecule is COC(C)(C)C[N]([Al]([N](C)C)[N](C)C)C(C)(C)C. The van der Waals surface area contributed by atoms with Crippen LogP contribution in [0.2, 0.25) is 0 Å². The Morgan fingerprint density at radius 3 is 1.50 bits per heavy atom. The largest absolute Gasteiger partial charge is 0.608 e. The summed E-state index contributed by atoms with van der Waals surface area (Å²) in [6.07, 6.45) is 0. The fourth-order valence-corrected chi connectivity index (χ4v) is 5.49. The summed E-state index contributed by atoms with van der Waals surface area (Å²) < 4.78 is 13.0. The Kier molecular flexibility index (Phi) is 6.83. The molecule has 0 unspecified atom stereocenters. The Labute approximate surface area is 119 Å². The summed E-state index contributed by atoms with van der Waals surface area (Å²) in [5.41, 5.74) is 0.0196. The van der Waals surface area contributed by atoms with Gasteiger partial charge in [0.1, 0.15) is 0 Å². The number of hydrogen-bond acceptors (Lipinski definition) is 4. The molecule has 0 aromatic rings. The molecule has 108 valence electrons. The highest BCUT2D eigenvalue weighted by Crippen LogP contribution is 2.22. The van der Waals surface area contributed by atoms with Crippen LogP contribution in [-0.2, 0) is 4.74 Å². The lowest BCUT2D eigenvalue weighted by atomic mass is 10.1. The molecule has 0 atom stereocenters. The fraction of sp³-hybridized carbons (Fsp3) is 1.00. The lowest BCUT2D eigenvalue weighted by Crippen LogP contribution is -2.66. The van der Waals surface area contributed by atoms with E-state index in [4.69, 9.17) is 4.74 Å². The maximum atomic E-state index is 5.62. The van der Waals surface area contributed by atoms with Crippen LogP contribution in [0, 0.1) is 0 Å². The molecule has 0 N–H and O–H groups in total. The van der Waals surface area contributed by atoms with E-state index >= 15 is 0 Å². The first-order valence-corrected chi connectivity index (χ1v) is 8.12. The minimum Gasteiger partial charge on any atom is -0.378 e. The van der Waals surface area contributed by atoms with E-state index < -0.39 is 14.8 Å². The van der Waals surface area contributed by atoms with Crippen LogP contribution in [0.4, 0.5) is 0 Å². The molecular weight excluding hydrogens is 241 g/mol. The third-order valence-electron chi connectivity index (χ3n) is 3.17. The van der Waals surface area contributed by atoms with Gasteiger partial charge in [-0.2, -0.15) is 0 Å². The third-order valence-corrected chi connectivity index (χ3v) is 6.53. The number of ether oxygens (including phenoxy) is 1. The van der Waals surface area contributed by atoms with Crippen LogP contribution in [0.3, 0.4) is 0 Å². The second kappa shape index (κ2) is 6.70. The van der Waals surface area contributed by atoms with Crippen molar-refractivity contribution in [3.05, 3.63) is 0 Å². The molecule has 0 aromatic carbocycles.